The highest BCUT2D eigenvalue weighted by atomic mass is 16.6. The molecule has 1 N–H and O–H groups in total. The second-order valence-corrected chi connectivity index (χ2v) is 7.34. The molecule has 0 aliphatic rings. The van der Waals surface area contributed by atoms with E-state index < -0.39 is 11.7 Å². The van der Waals surface area contributed by atoms with Gasteiger partial charge in [0.25, 0.3) is 0 Å². The molecule has 0 unspecified atom stereocenters. The van der Waals surface area contributed by atoms with Crippen LogP contribution in [0, 0.1) is 0 Å². The fraction of sp³-hybridized carbons (Fsp3) is 0.409. The Balaban J connectivity index is 1.83. The Morgan fingerprint density at radius 3 is 1.70 bits per heavy atom. The second kappa shape index (κ2) is 10.7. The number of ether oxygens (including phenoxy) is 3. The fourth-order valence-electron chi connectivity index (χ4n) is 2.39. The van der Waals surface area contributed by atoms with E-state index in [1.807, 2.05) is 81.4 Å². The molecule has 27 heavy (non-hydrogen) atoms. The third kappa shape index (κ3) is 9.22. The summed E-state index contributed by atoms with van der Waals surface area (Å²) in [6.45, 7) is 7.13. The van der Waals surface area contributed by atoms with Gasteiger partial charge in [-0.2, -0.15) is 0 Å². The Morgan fingerprint density at radius 2 is 1.30 bits per heavy atom. The molecule has 5 heteroatoms. The summed E-state index contributed by atoms with van der Waals surface area (Å²) in [5, 5.41) is 2.83. The van der Waals surface area contributed by atoms with Crippen molar-refractivity contribution in [1.29, 1.82) is 0 Å². The number of carbonyl (C=O) groups excluding carboxylic acids is 1. The largest absolute Gasteiger partial charge is 0.444 e. The van der Waals surface area contributed by atoms with Gasteiger partial charge in [-0.15, -0.1) is 0 Å². The lowest BCUT2D eigenvalue weighted by Gasteiger charge is -2.23. The summed E-state index contributed by atoms with van der Waals surface area (Å²) >= 11 is 0. The Bertz CT molecular complexity index is 622. The van der Waals surface area contributed by atoms with Crippen molar-refractivity contribution in [2.75, 3.05) is 13.2 Å². The van der Waals surface area contributed by atoms with Crippen LogP contribution in [0.3, 0.4) is 0 Å². The van der Waals surface area contributed by atoms with Gasteiger partial charge >= 0.3 is 6.09 Å². The number of rotatable bonds is 9. The van der Waals surface area contributed by atoms with Crippen molar-refractivity contribution in [1.82, 2.24) is 5.32 Å². The van der Waals surface area contributed by atoms with Crippen LogP contribution in [0.4, 0.5) is 4.79 Å². The molecule has 2 aromatic rings. The zero-order valence-corrected chi connectivity index (χ0v) is 16.3. The molecule has 0 bridgehead atoms. The second-order valence-electron chi connectivity index (χ2n) is 7.34. The third-order valence-corrected chi connectivity index (χ3v) is 3.58. The molecule has 0 heterocycles. The molecule has 0 aliphatic carbocycles. The number of carbonyl (C=O) groups is 1. The molecule has 0 saturated carbocycles. The summed E-state index contributed by atoms with van der Waals surface area (Å²) in [6, 6.07) is 19.5. The van der Waals surface area contributed by atoms with E-state index in [-0.39, 0.29) is 6.04 Å². The maximum absolute atomic E-state index is 12.1. The van der Waals surface area contributed by atoms with E-state index in [9.17, 15) is 4.79 Å². The van der Waals surface area contributed by atoms with Crippen LogP contribution in [-0.4, -0.2) is 30.9 Å². The first kappa shape index (κ1) is 20.9. The first-order valence-electron chi connectivity index (χ1n) is 9.15. The molecule has 2 rings (SSSR count). The van der Waals surface area contributed by atoms with Crippen molar-refractivity contribution in [2.45, 2.75) is 45.6 Å². The summed E-state index contributed by atoms with van der Waals surface area (Å²) in [4.78, 5) is 12.1. The molecule has 146 valence electrons. The highest BCUT2D eigenvalue weighted by Crippen LogP contribution is 2.08. The van der Waals surface area contributed by atoms with Gasteiger partial charge in [0, 0.05) is 0 Å². The zero-order chi connectivity index (χ0) is 19.5. The van der Waals surface area contributed by atoms with Gasteiger partial charge in [-0.05, 0) is 31.9 Å². The van der Waals surface area contributed by atoms with Gasteiger partial charge in [-0.3, -0.25) is 0 Å². The summed E-state index contributed by atoms with van der Waals surface area (Å²) in [5.41, 5.74) is 1.61. The molecule has 0 fully saturated rings. The van der Waals surface area contributed by atoms with Crippen LogP contribution in [-0.2, 0) is 27.4 Å². The van der Waals surface area contributed by atoms with Gasteiger partial charge in [-0.1, -0.05) is 60.7 Å². The van der Waals surface area contributed by atoms with E-state index in [0.717, 1.165) is 11.1 Å². The lowest BCUT2D eigenvalue weighted by atomic mass is 10.2. The van der Waals surface area contributed by atoms with Crippen LogP contribution in [0.25, 0.3) is 0 Å². The highest BCUT2D eigenvalue weighted by Gasteiger charge is 2.20. The van der Waals surface area contributed by atoms with E-state index in [1.54, 1.807) is 0 Å². The van der Waals surface area contributed by atoms with E-state index in [0.29, 0.717) is 26.4 Å². The lowest BCUT2D eigenvalue weighted by Crippen LogP contribution is -2.44. The topological polar surface area (TPSA) is 56.8 Å². The first-order valence-corrected chi connectivity index (χ1v) is 9.15. The number of alkyl carbamates (subject to hydrolysis) is 1. The Morgan fingerprint density at radius 1 is 0.852 bits per heavy atom. The number of hydrogen-bond donors (Lipinski definition) is 1. The van der Waals surface area contributed by atoms with E-state index in [4.69, 9.17) is 14.2 Å². The zero-order valence-electron chi connectivity index (χ0n) is 16.3. The molecular weight excluding hydrogens is 342 g/mol. The predicted molar refractivity (Wildman–Crippen MR) is 105 cm³/mol. The molecule has 0 saturated heterocycles. The molecule has 2 aromatic carbocycles. The van der Waals surface area contributed by atoms with Crippen molar-refractivity contribution in [2.24, 2.45) is 0 Å². The van der Waals surface area contributed by atoms with Crippen molar-refractivity contribution in [3.63, 3.8) is 0 Å². The molecule has 0 atom stereocenters. The minimum atomic E-state index is -0.551. The van der Waals surface area contributed by atoms with Crippen LogP contribution in [0.5, 0.6) is 0 Å². The summed E-state index contributed by atoms with van der Waals surface area (Å²) in [6.07, 6.45) is -0.473. The number of benzene rings is 2. The van der Waals surface area contributed by atoms with Gasteiger partial charge in [0.1, 0.15) is 5.60 Å². The number of amides is 1. The van der Waals surface area contributed by atoms with Crippen LogP contribution in [0.1, 0.15) is 31.9 Å². The average molecular weight is 371 g/mol. The average Bonchev–Trinajstić information content (AvgIpc) is 2.62. The number of nitrogens with one attached hydrogen (secondary N) is 1. The summed E-state index contributed by atoms with van der Waals surface area (Å²) in [5.74, 6) is 0. The maximum Gasteiger partial charge on any atom is 0.408 e. The minimum Gasteiger partial charge on any atom is -0.444 e. The molecule has 1 amide bonds. The maximum atomic E-state index is 12.1. The molecule has 0 aromatic heterocycles. The molecular formula is C22H29NO4. The quantitative estimate of drug-likeness (QED) is 0.713. The fourth-order valence-corrected chi connectivity index (χ4v) is 2.39. The Kier molecular flexibility index (Phi) is 8.30. The van der Waals surface area contributed by atoms with Gasteiger partial charge in [-0.25, -0.2) is 4.79 Å². The molecule has 0 spiro atoms. The normalized spacial score (nSPS) is 11.4. The first-order chi connectivity index (χ1) is 12.9. The third-order valence-electron chi connectivity index (χ3n) is 3.58. The summed E-state index contributed by atoms with van der Waals surface area (Å²) in [7, 11) is 0. The Labute approximate surface area is 161 Å². The van der Waals surface area contributed by atoms with Crippen molar-refractivity contribution < 1.29 is 19.0 Å². The van der Waals surface area contributed by atoms with Crippen molar-refractivity contribution in [3.05, 3.63) is 71.8 Å². The van der Waals surface area contributed by atoms with Gasteiger partial charge in [0.2, 0.25) is 0 Å². The lowest BCUT2D eigenvalue weighted by molar-refractivity contribution is 0.0232. The SMILES string of the molecule is CC(C)(C)OC(=O)NC(COCc1ccccc1)COCc1ccccc1. The monoisotopic (exact) mass is 371 g/mol. The van der Waals surface area contributed by atoms with E-state index in [1.165, 1.54) is 0 Å². The van der Waals surface area contributed by atoms with Gasteiger partial charge in [0.15, 0.2) is 0 Å². The van der Waals surface area contributed by atoms with Gasteiger partial charge in [0.05, 0.1) is 32.5 Å². The van der Waals surface area contributed by atoms with E-state index in [2.05, 4.69) is 5.32 Å². The highest BCUT2D eigenvalue weighted by molar-refractivity contribution is 5.68. The summed E-state index contributed by atoms with van der Waals surface area (Å²) < 4.78 is 16.9. The van der Waals surface area contributed by atoms with E-state index >= 15 is 0 Å². The van der Waals surface area contributed by atoms with Crippen molar-refractivity contribution >= 4 is 6.09 Å². The predicted octanol–water partition coefficient (Wildman–Crippen LogP) is 4.31. The van der Waals surface area contributed by atoms with Crippen LogP contribution < -0.4 is 5.32 Å². The minimum absolute atomic E-state index is 0.299. The van der Waals surface area contributed by atoms with Crippen LogP contribution in [0.15, 0.2) is 60.7 Å². The van der Waals surface area contributed by atoms with Crippen LogP contribution >= 0.6 is 0 Å². The molecule has 0 aliphatic heterocycles. The van der Waals surface area contributed by atoms with Gasteiger partial charge < -0.3 is 19.5 Å². The number of hydrogen-bond acceptors (Lipinski definition) is 4. The van der Waals surface area contributed by atoms with Crippen LogP contribution in [0.2, 0.25) is 0 Å². The standard InChI is InChI=1S/C22H29NO4/c1-22(2,3)27-21(24)23-20(16-25-14-18-10-6-4-7-11-18)17-26-15-19-12-8-5-9-13-19/h4-13,20H,14-17H2,1-3H3,(H,23,24). The molecule has 0 radical (unpaired) electrons. The Hall–Kier alpha value is -2.37. The molecule has 5 nitrogen and oxygen atoms in total. The van der Waals surface area contributed by atoms with Crippen molar-refractivity contribution in [3.8, 4) is 0 Å². The smallest absolute Gasteiger partial charge is 0.408 e.